The van der Waals surface area contributed by atoms with Gasteiger partial charge in [0.15, 0.2) is 5.96 Å². The Morgan fingerprint density at radius 1 is 1.04 bits per heavy atom. The number of nitrogens with one attached hydrogen (secondary N) is 2. The quantitative estimate of drug-likeness (QED) is 0.629. The Bertz CT molecular complexity index is 733. The van der Waals surface area contributed by atoms with E-state index in [1.165, 1.54) is 31.2 Å². The van der Waals surface area contributed by atoms with E-state index in [-0.39, 0.29) is 0 Å². The fourth-order valence-electron chi connectivity index (χ4n) is 3.67. The van der Waals surface area contributed by atoms with E-state index in [1.807, 2.05) is 44.2 Å². The van der Waals surface area contributed by atoms with Crippen molar-refractivity contribution in [3.63, 3.8) is 0 Å². The molecule has 5 heteroatoms. The topological polar surface area (TPSA) is 52.6 Å². The molecule has 1 fully saturated rings. The molecule has 0 aliphatic heterocycles. The van der Waals surface area contributed by atoms with E-state index in [4.69, 9.17) is 0 Å². The highest BCUT2D eigenvalue weighted by Crippen LogP contribution is 2.32. The third kappa shape index (κ3) is 5.46. The molecule has 0 radical (unpaired) electrons. The van der Waals surface area contributed by atoms with Gasteiger partial charge in [-0.1, -0.05) is 36.4 Å². The molecule has 5 nitrogen and oxygen atoms in total. The summed E-state index contributed by atoms with van der Waals surface area (Å²) in [5.74, 6) is 2.52. The average Bonchev–Trinajstić information content (AvgIpc) is 2.72. The van der Waals surface area contributed by atoms with Gasteiger partial charge in [-0.15, -0.1) is 0 Å². The van der Waals surface area contributed by atoms with E-state index in [9.17, 15) is 0 Å². The molecule has 1 saturated carbocycles. The molecular formula is C22H31N5. The number of nitrogens with zero attached hydrogens (tertiary/aromatic N) is 3. The molecule has 2 aromatic rings. The summed E-state index contributed by atoms with van der Waals surface area (Å²) in [4.78, 5) is 11.1. The molecule has 2 N–H and O–H groups in total. The number of hydrogen-bond acceptors (Lipinski definition) is 3. The molecular weight excluding hydrogens is 334 g/mol. The largest absolute Gasteiger partial charge is 0.363 e. The number of guanidine groups is 1. The van der Waals surface area contributed by atoms with Crippen molar-refractivity contribution in [2.75, 3.05) is 26.0 Å². The Morgan fingerprint density at radius 2 is 1.78 bits per heavy atom. The summed E-state index contributed by atoms with van der Waals surface area (Å²) in [5, 5.41) is 6.99. The molecule has 0 unspecified atom stereocenters. The molecule has 1 aromatic heterocycles. The molecule has 27 heavy (non-hydrogen) atoms. The van der Waals surface area contributed by atoms with Crippen LogP contribution in [-0.4, -0.2) is 38.1 Å². The Hall–Kier alpha value is -2.56. The number of aliphatic imine (C=N–C) groups is 1. The maximum absolute atomic E-state index is 4.65. The number of aromatic nitrogens is 1. The van der Waals surface area contributed by atoms with E-state index in [0.29, 0.717) is 18.5 Å². The fraction of sp³-hybridized carbons (Fsp3) is 0.455. The van der Waals surface area contributed by atoms with Crippen LogP contribution in [-0.2, 0) is 6.54 Å². The van der Waals surface area contributed by atoms with Gasteiger partial charge in [0, 0.05) is 27.2 Å². The van der Waals surface area contributed by atoms with Gasteiger partial charge < -0.3 is 15.5 Å². The lowest BCUT2D eigenvalue weighted by atomic mass is 9.82. The third-order valence-electron chi connectivity index (χ3n) is 5.25. The summed E-state index contributed by atoms with van der Waals surface area (Å²) in [6, 6.07) is 17.5. The van der Waals surface area contributed by atoms with Gasteiger partial charge in [0.2, 0.25) is 0 Å². The Balaban J connectivity index is 1.48. The van der Waals surface area contributed by atoms with Gasteiger partial charge in [-0.3, -0.25) is 4.99 Å². The summed E-state index contributed by atoms with van der Waals surface area (Å²) in [6.07, 6.45) is 4.81. The number of anilines is 1. The fourth-order valence-corrected chi connectivity index (χ4v) is 3.67. The highest BCUT2D eigenvalue weighted by Gasteiger charge is 2.22. The van der Waals surface area contributed by atoms with Crippen LogP contribution in [0, 0.1) is 0 Å². The predicted octanol–water partition coefficient (Wildman–Crippen LogP) is 3.54. The van der Waals surface area contributed by atoms with Crippen molar-refractivity contribution in [2.45, 2.75) is 44.2 Å². The van der Waals surface area contributed by atoms with Gasteiger partial charge in [0.1, 0.15) is 5.82 Å². The van der Waals surface area contributed by atoms with E-state index in [2.05, 4.69) is 50.9 Å². The highest BCUT2D eigenvalue weighted by atomic mass is 15.2. The zero-order valence-corrected chi connectivity index (χ0v) is 16.7. The summed E-state index contributed by atoms with van der Waals surface area (Å²) in [6.45, 7) is 0.667. The van der Waals surface area contributed by atoms with Gasteiger partial charge in [0.05, 0.1) is 12.2 Å². The molecule has 3 rings (SSSR count). The predicted molar refractivity (Wildman–Crippen MR) is 113 cm³/mol. The molecule has 0 saturated heterocycles. The molecule has 0 spiro atoms. The second-order valence-electron chi connectivity index (χ2n) is 7.41. The number of hydrogen-bond donors (Lipinski definition) is 2. The second-order valence-corrected chi connectivity index (χ2v) is 7.41. The zero-order valence-electron chi connectivity index (χ0n) is 16.7. The van der Waals surface area contributed by atoms with Gasteiger partial charge >= 0.3 is 0 Å². The summed E-state index contributed by atoms with van der Waals surface area (Å²) < 4.78 is 0. The Labute approximate surface area is 162 Å². The van der Waals surface area contributed by atoms with Crippen LogP contribution in [0.4, 0.5) is 5.82 Å². The summed E-state index contributed by atoms with van der Waals surface area (Å²) in [7, 11) is 5.84. The van der Waals surface area contributed by atoms with Crippen LogP contribution >= 0.6 is 0 Å². The minimum atomic E-state index is 0.484. The number of rotatable bonds is 5. The van der Waals surface area contributed by atoms with Gasteiger partial charge in [0.25, 0.3) is 0 Å². The van der Waals surface area contributed by atoms with E-state index in [1.54, 1.807) is 0 Å². The van der Waals surface area contributed by atoms with Crippen LogP contribution in [0.1, 0.15) is 42.9 Å². The smallest absolute Gasteiger partial charge is 0.191 e. The first-order chi connectivity index (χ1) is 13.2. The normalized spacial score (nSPS) is 20.2. The standard InChI is InChI=1S/C22H31N5/c1-23-22(24-16-20-10-7-11-21(25-20)27(2)3)26-19-14-12-18(13-15-19)17-8-5-4-6-9-17/h4-11,18-19H,12-16H2,1-3H3,(H2,23,24,26). The average molecular weight is 366 g/mol. The van der Waals surface area contributed by atoms with Crippen molar-refractivity contribution in [1.82, 2.24) is 15.6 Å². The van der Waals surface area contributed by atoms with E-state index in [0.717, 1.165) is 17.5 Å². The Morgan fingerprint density at radius 3 is 2.44 bits per heavy atom. The molecule has 0 amide bonds. The lowest BCUT2D eigenvalue weighted by Crippen LogP contribution is -2.44. The maximum atomic E-state index is 4.65. The van der Waals surface area contributed by atoms with Crippen molar-refractivity contribution < 1.29 is 0 Å². The van der Waals surface area contributed by atoms with Crippen molar-refractivity contribution in [2.24, 2.45) is 4.99 Å². The lowest BCUT2D eigenvalue weighted by molar-refractivity contribution is 0.371. The van der Waals surface area contributed by atoms with Crippen LogP contribution in [0.2, 0.25) is 0 Å². The minimum Gasteiger partial charge on any atom is -0.363 e. The molecule has 1 aliphatic carbocycles. The van der Waals surface area contributed by atoms with Crippen molar-refractivity contribution in [3.8, 4) is 0 Å². The van der Waals surface area contributed by atoms with Gasteiger partial charge in [-0.05, 0) is 49.3 Å². The minimum absolute atomic E-state index is 0.484. The molecule has 144 valence electrons. The molecule has 1 aliphatic rings. The van der Waals surface area contributed by atoms with Gasteiger partial charge in [-0.2, -0.15) is 0 Å². The van der Waals surface area contributed by atoms with Crippen molar-refractivity contribution in [1.29, 1.82) is 0 Å². The van der Waals surface area contributed by atoms with E-state index < -0.39 is 0 Å². The molecule has 1 heterocycles. The monoisotopic (exact) mass is 365 g/mol. The maximum Gasteiger partial charge on any atom is 0.191 e. The highest BCUT2D eigenvalue weighted by molar-refractivity contribution is 5.79. The third-order valence-corrected chi connectivity index (χ3v) is 5.25. The van der Waals surface area contributed by atoms with Crippen LogP contribution in [0.25, 0.3) is 0 Å². The SMILES string of the molecule is CN=C(NCc1cccc(N(C)C)n1)NC1CCC(c2ccccc2)CC1. The zero-order chi connectivity index (χ0) is 19.1. The molecule has 0 bridgehead atoms. The second kappa shape index (κ2) is 9.40. The lowest BCUT2D eigenvalue weighted by Gasteiger charge is -2.30. The number of pyridine rings is 1. The van der Waals surface area contributed by atoms with E-state index >= 15 is 0 Å². The first kappa shape index (κ1) is 19.2. The van der Waals surface area contributed by atoms with Crippen LogP contribution in [0.5, 0.6) is 0 Å². The number of benzene rings is 1. The molecule has 0 atom stereocenters. The van der Waals surface area contributed by atoms with Crippen LogP contribution < -0.4 is 15.5 Å². The summed E-state index contributed by atoms with van der Waals surface area (Å²) in [5.41, 5.74) is 2.49. The van der Waals surface area contributed by atoms with Crippen LogP contribution in [0.3, 0.4) is 0 Å². The van der Waals surface area contributed by atoms with Gasteiger partial charge in [-0.25, -0.2) is 4.98 Å². The molecule has 1 aromatic carbocycles. The Kier molecular flexibility index (Phi) is 6.69. The van der Waals surface area contributed by atoms with Crippen molar-refractivity contribution >= 4 is 11.8 Å². The van der Waals surface area contributed by atoms with Crippen molar-refractivity contribution in [3.05, 3.63) is 59.8 Å². The summed E-state index contributed by atoms with van der Waals surface area (Å²) >= 11 is 0. The van der Waals surface area contributed by atoms with Crippen LogP contribution in [0.15, 0.2) is 53.5 Å². The first-order valence-corrected chi connectivity index (χ1v) is 9.81. The first-order valence-electron chi connectivity index (χ1n) is 9.81.